The van der Waals surface area contributed by atoms with Crippen molar-refractivity contribution in [2.75, 3.05) is 13.1 Å². The van der Waals surface area contributed by atoms with Crippen LogP contribution in [0.25, 0.3) is 11.1 Å². The molecular weight excluding hydrogens is 451 g/mol. The highest BCUT2D eigenvalue weighted by Crippen LogP contribution is 2.33. The van der Waals surface area contributed by atoms with E-state index in [9.17, 15) is 18.0 Å². The lowest BCUT2D eigenvalue weighted by Gasteiger charge is -2.30. The molecule has 0 radical (unpaired) electrons. The lowest BCUT2D eigenvalue weighted by Crippen LogP contribution is -2.33. The van der Waals surface area contributed by atoms with Crippen LogP contribution in [0.5, 0.6) is 0 Å². The maximum Gasteiger partial charge on any atom is 0.282 e. The lowest BCUT2D eigenvalue weighted by atomic mass is 9.92. The van der Waals surface area contributed by atoms with Gasteiger partial charge in [0, 0.05) is 50.3 Å². The van der Waals surface area contributed by atoms with Crippen molar-refractivity contribution in [1.82, 2.24) is 9.88 Å². The molecule has 0 N–H and O–H groups in total. The topological polar surface area (TPSA) is 45.6 Å². The number of benzene rings is 1. The van der Waals surface area contributed by atoms with Crippen LogP contribution in [0.15, 0.2) is 53.7 Å². The number of hydrogen-bond acceptors (Lipinski definition) is 4. The first-order valence-corrected chi connectivity index (χ1v) is 10.8. The Hall–Kier alpha value is -2.77. The minimum absolute atomic E-state index is 0.209. The number of carbonyl (C=O) groups excluding carboxylic acids is 1. The zero-order chi connectivity index (χ0) is 24.3. The summed E-state index contributed by atoms with van der Waals surface area (Å²) in [7, 11) is 0. The van der Waals surface area contributed by atoms with Crippen LogP contribution in [0.2, 0.25) is 5.02 Å². The zero-order valence-electron chi connectivity index (χ0n) is 18.8. The van der Waals surface area contributed by atoms with Crippen molar-refractivity contribution in [3.63, 3.8) is 0 Å². The highest BCUT2D eigenvalue weighted by atomic mass is 35.5. The predicted molar refractivity (Wildman–Crippen MR) is 126 cm³/mol. The van der Waals surface area contributed by atoms with E-state index in [0.717, 1.165) is 12.5 Å². The van der Waals surface area contributed by atoms with Gasteiger partial charge in [0.15, 0.2) is 5.78 Å². The van der Waals surface area contributed by atoms with Gasteiger partial charge in [0.1, 0.15) is 11.5 Å². The summed E-state index contributed by atoms with van der Waals surface area (Å²) in [6, 6.07) is 6.11. The number of carbonyl (C=O) groups is 1. The molecule has 0 amide bonds. The van der Waals surface area contributed by atoms with Crippen molar-refractivity contribution in [3.05, 3.63) is 76.5 Å². The molecule has 3 rings (SSSR count). The van der Waals surface area contributed by atoms with Gasteiger partial charge in [-0.05, 0) is 60.4 Å². The van der Waals surface area contributed by atoms with Crippen molar-refractivity contribution in [2.24, 2.45) is 4.99 Å². The van der Waals surface area contributed by atoms with E-state index in [1.807, 2.05) is 0 Å². The summed E-state index contributed by atoms with van der Waals surface area (Å²) >= 11 is 5.90. The first-order chi connectivity index (χ1) is 15.5. The third-order valence-electron chi connectivity index (χ3n) is 5.48. The van der Waals surface area contributed by atoms with Gasteiger partial charge in [0.2, 0.25) is 0 Å². The molecule has 0 fully saturated rings. The Morgan fingerprint density at radius 2 is 2.03 bits per heavy atom. The second kappa shape index (κ2) is 10.0. The maximum atomic E-state index is 14.7. The Labute approximate surface area is 196 Å². The largest absolute Gasteiger partial charge is 0.293 e. The molecule has 4 nitrogen and oxygen atoms in total. The standard InChI is InChI=1S/C25H25ClF3N3O/c1-15(7-9-30-17(3)25(4,28)29)13-32-10-8-20-21(19-6-5-18(26)11-22(19)27)12-23(16(2)33)31-24(20)14-32/h5-7,9,11-12H,1,8,10,13-14H2,2-4H3/b9-7-,30-17?. The number of nitrogens with zero attached hydrogens (tertiary/aromatic N) is 3. The van der Waals surface area contributed by atoms with Gasteiger partial charge in [-0.15, -0.1) is 0 Å². The van der Waals surface area contributed by atoms with E-state index < -0.39 is 11.7 Å². The fourth-order valence-electron chi connectivity index (χ4n) is 3.57. The van der Waals surface area contributed by atoms with Gasteiger partial charge in [-0.1, -0.05) is 18.2 Å². The van der Waals surface area contributed by atoms with Crippen LogP contribution >= 0.6 is 11.6 Å². The van der Waals surface area contributed by atoms with Crippen LogP contribution in [0.3, 0.4) is 0 Å². The summed E-state index contributed by atoms with van der Waals surface area (Å²) in [5.41, 5.74) is 3.30. The molecule has 1 aliphatic rings. The molecule has 8 heteroatoms. The average molecular weight is 476 g/mol. The molecule has 0 aliphatic carbocycles. The molecule has 0 atom stereocenters. The average Bonchev–Trinajstić information content (AvgIpc) is 2.72. The number of hydrogen-bond donors (Lipinski definition) is 0. The Morgan fingerprint density at radius 1 is 1.30 bits per heavy atom. The van der Waals surface area contributed by atoms with Crippen molar-refractivity contribution < 1.29 is 18.0 Å². The Kier molecular flexibility index (Phi) is 7.55. The van der Waals surface area contributed by atoms with Crippen LogP contribution in [0.4, 0.5) is 13.2 Å². The third kappa shape index (κ3) is 6.18. The number of aromatic nitrogens is 1. The number of pyridine rings is 1. The minimum atomic E-state index is -2.97. The van der Waals surface area contributed by atoms with Crippen LogP contribution in [0, 0.1) is 5.82 Å². The normalized spacial score (nSPS) is 15.1. The van der Waals surface area contributed by atoms with E-state index >= 15 is 0 Å². The summed E-state index contributed by atoms with van der Waals surface area (Å²) in [5.74, 6) is -3.64. The van der Waals surface area contributed by atoms with E-state index in [0.29, 0.717) is 53.5 Å². The van der Waals surface area contributed by atoms with Crippen LogP contribution in [-0.2, 0) is 13.0 Å². The summed E-state index contributed by atoms with van der Waals surface area (Å²) in [4.78, 5) is 22.4. The van der Waals surface area contributed by atoms with Gasteiger partial charge in [-0.3, -0.25) is 14.7 Å². The monoisotopic (exact) mass is 475 g/mol. The quantitative estimate of drug-likeness (QED) is 0.268. The van der Waals surface area contributed by atoms with E-state index in [1.54, 1.807) is 24.3 Å². The van der Waals surface area contributed by atoms with Gasteiger partial charge in [-0.2, -0.15) is 0 Å². The summed E-state index contributed by atoms with van der Waals surface area (Å²) in [6.45, 7) is 9.05. The highest BCUT2D eigenvalue weighted by Gasteiger charge is 2.25. The molecule has 174 valence electrons. The molecule has 0 unspecified atom stereocenters. The van der Waals surface area contributed by atoms with Crippen LogP contribution < -0.4 is 0 Å². The number of Topliss-reactive ketones (excluding diaryl/α,β-unsaturated/α-hetero) is 1. The van der Waals surface area contributed by atoms with E-state index in [4.69, 9.17) is 11.6 Å². The summed E-state index contributed by atoms with van der Waals surface area (Å²) in [6.07, 6.45) is 3.52. The minimum Gasteiger partial charge on any atom is -0.293 e. The number of halogens is 4. The number of ketones is 1. The lowest BCUT2D eigenvalue weighted by molar-refractivity contribution is 0.0994. The van der Waals surface area contributed by atoms with E-state index in [-0.39, 0.29) is 17.2 Å². The fraction of sp³-hybridized carbons (Fsp3) is 0.320. The van der Waals surface area contributed by atoms with Crippen LogP contribution in [-0.4, -0.2) is 40.4 Å². The molecule has 0 saturated carbocycles. The smallest absolute Gasteiger partial charge is 0.282 e. The molecule has 0 saturated heterocycles. The zero-order valence-corrected chi connectivity index (χ0v) is 19.5. The predicted octanol–water partition coefficient (Wildman–Crippen LogP) is 6.29. The van der Waals surface area contributed by atoms with E-state index in [2.05, 4.69) is 21.5 Å². The molecular formula is C25H25ClF3N3O. The van der Waals surface area contributed by atoms with Crippen LogP contribution in [0.1, 0.15) is 42.5 Å². The summed E-state index contributed by atoms with van der Waals surface area (Å²) < 4.78 is 41.0. The second-order valence-electron chi connectivity index (χ2n) is 8.20. The number of aliphatic imine (C=N–C) groups is 1. The maximum absolute atomic E-state index is 14.7. The van der Waals surface area contributed by atoms with Crippen molar-refractivity contribution in [2.45, 2.75) is 39.7 Å². The third-order valence-corrected chi connectivity index (χ3v) is 5.72. The fourth-order valence-corrected chi connectivity index (χ4v) is 3.73. The van der Waals surface area contributed by atoms with Crippen molar-refractivity contribution in [1.29, 1.82) is 0 Å². The first-order valence-electron chi connectivity index (χ1n) is 10.4. The van der Waals surface area contributed by atoms with Gasteiger partial charge >= 0.3 is 0 Å². The number of fused-ring (bicyclic) bond motifs is 1. The number of alkyl halides is 2. The Morgan fingerprint density at radius 3 is 2.67 bits per heavy atom. The SMILES string of the molecule is C=C(/C=C\N=C(C)C(C)(F)F)CN1CCc2c(-c3ccc(Cl)cc3F)cc(C(C)=O)nc2C1. The van der Waals surface area contributed by atoms with Gasteiger partial charge in [0.25, 0.3) is 5.92 Å². The van der Waals surface area contributed by atoms with Gasteiger partial charge in [0.05, 0.1) is 11.4 Å². The Bertz CT molecular complexity index is 1150. The molecule has 0 spiro atoms. The van der Waals surface area contributed by atoms with E-state index in [1.165, 1.54) is 26.1 Å². The number of rotatable bonds is 7. The summed E-state index contributed by atoms with van der Waals surface area (Å²) in [5, 5.41) is 0.297. The van der Waals surface area contributed by atoms with Gasteiger partial charge in [-0.25, -0.2) is 18.2 Å². The molecule has 1 aromatic carbocycles. The molecule has 0 bridgehead atoms. The molecule has 33 heavy (non-hydrogen) atoms. The molecule has 2 aromatic rings. The molecule has 2 heterocycles. The molecule has 1 aliphatic heterocycles. The Balaban J connectivity index is 1.83. The highest BCUT2D eigenvalue weighted by molar-refractivity contribution is 6.30. The first kappa shape index (κ1) is 24.9. The van der Waals surface area contributed by atoms with Crippen molar-refractivity contribution >= 4 is 23.1 Å². The second-order valence-corrected chi connectivity index (χ2v) is 8.63. The van der Waals surface area contributed by atoms with Crippen molar-refractivity contribution in [3.8, 4) is 11.1 Å². The molecule has 1 aromatic heterocycles. The van der Waals surface area contributed by atoms with Gasteiger partial charge < -0.3 is 0 Å².